The smallest absolute Gasteiger partial charge is 0.0223 e. The van der Waals surface area contributed by atoms with Crippen molar-refractivity contribution < 1.29 is 0 Å². The second-order valence-electron chi connectivity index (χ2n) is 3.38. The van der Waals surface area contributed by atoms with Crippen LogP contribution in [0.2, 0.25) is 0 Å². The molecule has 0 aromatic rings. The molecule has 0 bridgehead atoms. The average Bonchev–Trinajstić information content (AvgIpc) is 1.89. The highest BCUT2D eigenvalue weighted by molar-refractivity contribution is 4.86. The molecule has 0 saturated carbocycles. The van der Waals surface area contributed by atoms with Gasteiger partial charge in [0.05, 0.1) is 0 Å². The van der Waals surface area contributed by atoms with Crippen LogP contribution in [0.5, 0.6) is 0 Å². The van der Waals surface area contributed by atoms with Crippen LogP contribution in [0.4, 0.5) is 0 Å². The molecule has 10 heavy (non-hydrogen) atoms. The van der Waals surface area contributed by atoms with Gasteiger partial charge in [-0.15, -0.1) is 5.73 Å². The van der Waals surface area contributed by atoms with Crippen molar-refractivity contribution in [3.8, 4) is 0 Å². The first-order valence-corrected chi connectivity index (χ1v) is 3.98. The van der Waals surface area contributed by atoms with Crippen molar-refractivity contribution in [3.63, 3.8) is 0 Å². The summed E-state index contributed by atoms with van der Waals surface area (Å²) in [5, 5.41) is 0. The summed E-state index contributed by atoms with van der Waals surface area (Å²) in [6, 6.07) is 0. The molecule has 0 nitrogen and oxygen atoms in total. The van der Waals surface area contributed by atoms with Gasteiger partial charge in [-0.05, 0) is 30.9 Å². The van der Waals surface area contributed by atoms with Crippen molar-refractivity contribution in [2.75, 3.05) is 0 Å². The van der Waals surface area contributed by atoms with Gasteiger partial charge in [-0.25, -0.2) is 0 Å². The van der Waals surface area contributed by atoms with Crippen molar-refractivity contribution in [1.29, 1.82) is 0 Å². The van der Waals surface area contributed by atoms with Gasteiger partial charge < -0.3 is 0 Å². The summed E-state index contributed by atoms with van der Waals surface area (Å²) in [5.41, 5.74) is 3.54. The molecule has 0 aromatic carbocycles. The van der Waals surface area contributed by atoms with Crippen LogP contribution in [-0.2, 0) is 0 Å². The molecule has 0 aliphatic carbocycles. The molecule has 0 unspecified atom stereocenters. The maximum absolute atomic E-state index is 3.09. The number of hydrogen-bond acceptors (Lipinski definition) is 0. The minimum Gasteiger partial charge on any atom is -0.130 e. The second-order valence-corrected chi connectivity index (χ2v) is 3.38. The van der Waals surface area contributed by atoms with Crippen LogP contribution >= 0.6 is 0 Å². The van der Waals surface area contributed by atoms with Crippen LogP contribution in [-0.4, -0.2) is 0 Å². The van der Waals surface area contributed by atoms with Crippen LogP contribution in [0.1, 0.15) is 40.5 Å². The van der Waals surface area contributed by atoms with Crippen molar-refractivity contribution in [2.45, 2.75) is 40.5 Å². The van der Waals surface area contributed by atoms with Gasteiger partial charge in [0.25, 0.3) is 0 Å². The Morgan fingerprint density at radius 2 is 2.00 bits per heavy atom. The van der Waals surface area contributed by atoms with Gasteiger partial charge in [0.2, 0.25) is 0 Å². The molecule has 0 aromatic heterocycles. The third-order valence-electron chi connectivity index (χ3n) is 1.90. The van der Waals surface area contributed by atoms with Gasteiger partial charge in [0.1, 0.15) is 0 Å². The first-order valence-electron chi connectivity index (χ1n) is 3.98. The summed E-state index contributed by atoms with van der Waals surface area (Å²) in [7, 11) is 0. The third kappa shape index (κ3) is 4.40. The molecule has 0 rings (SSSR count). The van der Waals surface area contributed by atoms with Crippen LogP contribution in [0.15, 0.2) is 17.9 Å². The molecule has 58 valence electrons. The predicted octanol–water partition coefficient (Wildman–Crippen LogP) is 3.54. The number of rotatable bonds is 3. The van der Waals surface area contributed by atoms with E-state index in [9.17, 15) is 0 Å². The fourth-order valence-electron chi connectivity index (χ4n) is 0.597. The van der Waals surface area contributed by atoms with E-state index in [0.29, 0.717) is 5.41 Å². The maximum atomic E-state index is 3.09. The Morgan fingerprint density at radius 3 is 2.40 bits per heavy atom. The number of allylic oxidation sites excluding steroid dienone is 1. The zero-order valence-corrected chi connectivity index (χ0v) is 7.57. The standard InChI is InChI=1S/C10H18/c1-5-7-8-9-10(3,4)6-2/h5,8H,6,9H2,1-4H3. The zero-order chi connectivity index (χ0) is 8.04. The molecule has 0 amide bonds. The van der Waals surface area contributed by atoms with Gasteiger partial charge in [0.15, 0.2) is 0 Å². The highest BCUT2D eigenvalue weighted by Gasteiger charge is 2.11. The van der Waals surface area contributed by atoms with E-state index in [2.05, 4.69) is 32.6 Å². The topological polar surface area (TPSA) is 0 Å². The second kappa shape index (κ2) is 4.35. The Hall–Kier alpha value is -0.480. The summed E-state index contributed by atoms with van der Waals surface area (Å²) in [5.74, 6) is 0. The summed E-state index contributed by atoms with van der Waals surface area (Å²) in [6.45, 7) is 8.78. The van der Waals surface area contributed by atoms with Crippen molar-refractivity contribution >= 4 is 0 Å². The van der Waals surface area contributed by atoms with Crippen molar-refractivity contribution in [1.82, 2.24) is 0 Å². The lowest BCUT2D eigenvalue weighted by atomic mass is 9.87. The molecule has 0 spiro atoms. The lowest BCUT2D eigenvalue weighted by Gasteiger charge is -2.19. The van der Waals surface area contributed by atoms with E-state index in [1.165, 1.54) is 6.42 Å². The van der Waals surface area contributed by atoms with Gasteiger partial charge in [0, 0.05) is 0 Å². The van der Waals surface area contributed by atoms with Gasteiger partial charge in [-0.2, -0.15) is 0 Å². The van der Waals surface area contributed by atoms with E-state index >= 15 is 0 Å². The van der Waals surface area contributed by atoms with Gasteiger partial charge in [-0.1, -0.05) is 27.2 Å². The Balaban J connectivity index is 3.78. The monoisotopic (exact) mass is 138 g/mol. The van der Waals surface area contributed by atoms with E-state index in [1.54, 1.807) is 0 Å². The molecule has 0 radical (unpaired) electrons. The molecular weight excluding hydrogens is 120 g/mol. The minimum absolute atomic E-state index is 0.454. The van der Waals surface area contributed by atoms with E-state index in [-0.39, 0.29) is 0 Å². The van der Waals surface area contributed by atoms with Gasteiger partial charge >= 0.3 is 0 Å². The van der Waals surface area contributed by atoms with Crippen LogP contribution in [0.3, 0.4) is 0 Å². The summed E-state index contributed by atoms with van der Waals surface area (Å²) in [4.78, 5) is 0. The third-order valence-corrected chi connectivity index (χ3v) is 1.90. The van der Waals surface area contributed by atoms with E-state index in [0.717, 1.165) is 6.42 Å². The molecule has 0 saturated heterocycles. The highest BCUT2D eigenvalue weighted by atomic mass is 14.2. The van der Waals surface area contributed by atoms with Crippen LogP contribution < -0.4 is 0 Å². The summed E-state index contributed by atoms with van der Waals surface area (Å²) < 4.78 is 0. The van der Waals surface area contributed by atoms with E-state index < -0.39 is 0 Å². The Morgan fingerprint density at radius 1 is 1.40 bits per heavy atom. The Kier molecular flexibility index (Phi) is 4.14. The SMILES string of the molecule is CC=C=CCC(C)(C)CC. The first-order chi connectivity index (χ1) is 4.62. The number of hydrogen-bond donors (Lipinski definition) is 0. The Labute approximate surface area is 64.6 Å². The molecular formula is C10H18. The van der Waals surface area contributed by atoms with Gasteiger partial charge in [-0.3, -0.25) is 0 Å². The average molecular weight is 138 g/mol. The molecule has 0 heterocycles. The largest absolute Gasteiger partial charge is 0.130 e. The molecule has 0 heteroatoms. The Bertz CT molecular complexity index is 134. The fourth-order valence-corrected chi connectivity index (χ4v) is 0.597. The normalized spacial score (nSPS) is 10.4. The van der Waals surface area contributed by atoms with Crippen LogP contribution in [0.25, 0.3) is 0 Å². The quantitative estimate of drug-likeness (QED) is 0.523. The maximum Gasteiger partial charge on any atom is -0.0223 e. The molecule has 0 aliphatic heterocycles. The zero-order valence-electron chi connectivity index (χ0n) is 7.57. The fraction of sp³-hybridized carbons (Fsp3) is 0.700. The minimum atomic E-state index is 0.454. The van der Waals surface area contributed by atoms with Crippen molar-refractivity contribution in [2.24, 2.45) is 5.41 Å². The summed E-state index contributed by atoms with van der Waals surface area (Å²) >= 11 is 0. The lowest BCUT2D eigenvalue weighted by Crippen LogP contribution is -2.06. The molecule has 0 aliphatic rings. The molecule has 0 N–H and O–H groups in total. The molecule has 0 atom stereocenters. The van der Waals surface area contributed by atoms with Crippen LogP contribution in [0, 0.1) is 5.41 Å². The van der Waals surface area contributed by atoms with E-state index in [1.807, 2.05) is 13.0 Å². The van der Waals surface area contributed by atoms with E-state index in [4.69, 9.17) is 0 Å². The molecule has 0 fully saturated rings. The first kappa shape index (κ1) is 9.52. The predicted molar refractivity (Wildman–Crippen MR) is 47.0 cm³/mol. The highest BCUT2D eigenvalue weighted by Crippen LogP contribution is 2.24. The van der Waals surface area contributed by atoms with Crippen molar-refractivity contribution in [3.05, 3.63) is 17.9 Å². The summed E-state index contributed by atoms with van der Waals surface area (Å²) in [6.07, 6.45) is 6.43. The lowest BCUT2D eigenvalue weighted by molar-refractivity contribution is 0.357.